The Morgan fingerprint density at radius 1 is 0.953 bits per heavy atom. The quantitative estimate of drug-likeness (QED) is 0.234. The molecule has 228 valence electrons. The van der Waals surface area contributed by atoms with E-state index >= 15 is 0 Å². The highest BCUT2D eigenvalue weighted by Crippen LogP contribution is 2.25. The van der Waals surface area contributed by atoms with Crippen molar-refractivity contribution in [3.8, 4) is 0 Å². The van der Waals surface area contributed by atoms with Crippen LogP contribution >= 0.6 is 0 Å². The molecule has 2 amide bonds. The summed E-state index contributed by atoms with van der Waals surface area (Å²) in [5.41, 5.74) is 2.31. The molecular formula is C32H38N4O6S. The minimum Gasteiger partial charge on any atom is -0.352 e. The number of nitrogens with zero attached hydrogens (tertiary/aromatic N) is 3. The molecule has 43 heavy (non-hydrogen) atoms. The molecule has 1 aliphatic carbocycles. The van der Waals surface area contributed by atoms with Crippen molar-refractivity contribution in [3.05, 3.63) is 106 Å². The zero-order chi connectivity index (χ0) is 31.0. The molecule has 1 aliphatic rings. The lowest BCUT2D eigenvalue weighted by atomic mass is 9.94. The molecular weight excluding hydrogens is 568 g/mol. The molecule has 1 N–H and O–H groups in total. The molecule has 3 aromatic carbocycles. The van der Waals surface area contributed by atoms with Gasteiger partial charge in [0.15, 0.2) is 0 Å². The average Bonchev–Trinajstić information content (AvgIpc) is 2.98. The summed E-state index contributed by atoms with van der Waals surface area (Å²) < 4.78 is 26.7. The lowest BCUT2D eigenvalue weighted by molar-refractivity contribution is -0.384. The van der Waals surface area contributed by atoms with Crippen LogP contribution < -0.4 is 9.62 Å². The van der Waals surface area contributed by atoms with Gasteiger partial charge >= 0.3 is 0 Å². The van der Waals surface area contributed by atoms with Gasteiger partial charge in [-0.3, -0.25) is 24.0 Å². The number of nitro groups is 1. The van der Waals surface area contributed by atoms with Gasteiger partial charge in [0.25, 0.3) is 5.69 Å². The first-order valence-corrected chi connectivity index (χ1v) is 16.3. The zero-order valence-corrected chi connectivity index (χ0v) is 25.3. The van der Waals surface area contributed by atoms with Crippen LogP contribution in [0.5, 0.6) is 0 Å². The van der Waals surface area contributed by atoms with Crippen molar-refractivity contribution in [3.63, 3.8) is 0 Å². The van der Waals surface area contributed by atoms with Crippen molar-refractivity contribution >= 4 is 33.2 Å². The van der Waals surface area contributed by atoms with E-state index in [1.807, 2.05) is 61.5 Å². The number of hydrogen-bond donors (Lipinski definition) is 1. The van der Waals surface area contributed by atoms with E-state index in [0.717, 1.165) is 65.4 Å². The van der Waals surface area contributed by atoms with Crippen LogP contribution in [0.25, 0.3) is 0 Å². The van der Waals surface area contributed by atoms with Crippen molar-refractivity contribution in [2.75, 3.05) is 17.1 Å². The van der Waals surface area contributed by atoms with Crippen LogP contribution in [0.4, 0.5) is 11.4 Å². The molecule has 1 fully saturated rings. The van der Waals surface area contributed by atoms with Crippen LogP contribution in [0, 0.1) is 17.0 Å². The maximum Gasteiger partial charge on any atom is 0.271 e. The molecule has 3 aromatic rings. The standard InChI is InChI=1S/C32H38N4O6S/c1-24-11-9-14-26(19-24)22-34(31(37)23-35(43(2,41)42)28-17-10-18-29(21-28)36(39)40)30(20-25-12-5-3-6-13-25)32(38)33-27-15-7-4-8-16-27/h3,5-6,9-14,17-19,21,27,30H,4,7-8,15-16,20,22-23H2,1-2H3,(H,33,38)/t30-/m0/s1. The molecule has 1 atom stereocenters. The number of amides is 2. The molecule has 11 heteroatoms. The number of sulfonamides is 1. The number of anilines is 1. The number of carbonyl (C=O) groups excluding carboxylic acids is 2. The Bertz CT molecular complexity index is 1540. The summed E-state index contributed by atoms with van der Waals surface area (Å²) in [5.74, 6) is -0.892. The Balaban J connectivity index is 1.73. The van der Waals surface area contributed by atoms with Gasteiger partial charge in [0.1, 0.15) is 12.6 Å². The highest BCUT2D eigenvalue weighted by atomic mass is 32.2. The summed E-state index contributed by atoms with van der Waals surface area (Å²) in [4.78, 5) is 40.4. The van der Waals surface area contributed by atoms with Crippen LogP contribution in [0.15, 0.2) is 78.9 Å². The van der Waals surface area contributed by atoms with Gasteiger partial charge in [-0.1, -0.05) is 85.5 Å². The predicted molar refractivity (Wildman–Crippen MR) is 166 cm³/mol. The van der Waals surface area contributed by atoms with Gasteiger partial charge in [0, 0.05) is 31.1 Å². The predicted octanol–water partition coefficient (Wildman–Crippen LogP) is 4.76. The zero-order valence-electron chi connectivity index (χ0n) is 24.5. The topological polar surface area (TPSA) is 130 Å². The molecule has 4 rings (SSSR count). The van der Waals surface area contributed by atoms with E-state index in [1.165, 1.54) is 23.1 Å². The summed E-state index contributed by atoms with van der Waals surface area (Å²) in [6.45, 7) is 1.37. The Kier molecular flexibility index (Phi) is 10.5. The average molecular weight is 607 g/mol. The molecule has 0 spiro atoms. The lowest BCUT2D eigenvalue weighted by Gasteiger charge is -2.35. The fraction of sp³-hybridized carbons (Fsp3) is 0.375. The van der Waals surface area contributed by atoms with E-state index in [-0.39, 0.29) is 36.3 Å². The van der Waals surface area contributed by atoms with Crippen molar-refractivity contribution in [1.82, 2.24) is 10.2 Å². The highest BCUT2D eigenvalue weighted by molar-refractivity contribution is 7.92. The third kappa shape index (κ3) is 8.87. The number of nitro benzene ring substituents is 1. The van der Waals surface area contributed by atoms with Gasteiger partial charge in [0.05, 0.1) is 16.9 Å². The van der Waals surface area contributed by atoms with Gasteiger partial charge < -0.3 is 10.2 Å². The van der Waals surface area contributed by atoms with Crippen LogP contribution in [-0.4, -0.2) is 54.9 Å². The Hall–Kier alpha value is -4.25. The normalized spacial score (nSPS) is 14.5. The van der Waals surface area contributed by atoms with E-state index in [9.17, 15) is 28.1 Å². The SMILES string of the molecule is Cc1cccc(CN(C(=O)CN(c2cccc([N+](=O)[O-])c2)S(C)(=O)=O)[C@@H](Cc2ccccc2)C(=O)NC2CCCCC2)c1. The Labute approximate surface area is 252 Å². The number of rotatable bonds is 12. The lowest BCUT2D eigenvalue weighted by Crippen LogP contribution is -2.55. The first-order chi connectivity index (χ1) is 20.5. The fourth-order valence-electron chi connectivity index (χ4n) is 5.48. The second kappa shape index (κ2) is 14.3. The second-order valence-electron chi connectivity index (χ2n) is 11.1. The van der Waals surface area contributed by atoms with E-state index in [4.69, 9.17) is 0 Å². The molecule has 0 saturated heterocycles. The number of non-ortho nitro benzene ring substituents is 1. The van der Waals surface area contributed by atoms with Gasteiger partial charge in [0.2, 0.25) is 21.8 Å². The van der Waals surface area contributed by atoms with Crippen molar-refractivity contribution in [2.45, 2.75) is 64.1 Å². The first kappa shape index (κ1) is 31.7. The fourth-order valence-corrected chi connectivity index (χ4v) is 6.32. The Morgan fingerprint density at radius 2 is 1.63 bits per heavy atom. The molecule has 10 nitrogen and oxygen atoms in total. The van der Waals surface area contributed by atoms with Gasteiger partial charge in [-0.2, -0.15) is 0 Å². The molecule has 1 saturated carbocycles. The molecule has 0 radical (unpaired) electrons. The molecule has 0 bridgehead atoms. The van der Waals surface area contributed by atoms with E-state index in [0.29, 0.717) is 0 Å². The maximum atomic E-state index is 14.2. The van der Waals surface area contributed by atoms with Crippen molar-refractivity contribution in [1.29, 1.82) is 0 Å². The number of hydrogen-bond acceptors (Lipinski definition) is 6. The number of benzene rings is 3. The third-order valence-electron chi connectivity index (χ3n) is 7.67. The van der Waals surface area contributed by atoms with Gasteiger partial charge in [-0.05, 0) is 37.0 Å². The summed E-state index contributed by atoms with van der Waals surface area (Å²) >= 11 is 0. The van der Waals surface area contributed by atoms with Crippen molar-refractivity contribution < 1.29 is 22.9 Å². The molecule has 0 heterocycles. The second-order valence-corrected chi connectivity index (χ2v) is 13.0. The summed E-state index contributed by atoms with van der Waals surface area (Å²) in [7, 11) is -4.03. The largest absolute Gasteiger partial charge is 0.352 e. The van der Waals surface area contributed by atoms with Crippen LogP contribution in [-0.2, 0) is 32.6 Å². The van der Waals surface area contributed by atoms with E-state index in [1.54, 1.807) is 0 Å². The summed E-state index contributed by atoms with van der Waals surface area (Å²) in [5, 5.41) is 14.6. The molecule has 0 unspecified atom stereocenters. The number of carbonyl (C=O) groups is 2. The summed E-state index contributed by atoms with van der Waals surface area (Å²) in [6, 6.07) is 21.2. The number of nitrogens with one attached hydrogen (secondary N) is 1. The smallest absolute Gasteiger partial charge is 0.271 e. The van der Waals surface area contributed by atoms with Crippen LogP contribution in [0.3, 0.4) is 0 Å². The molecule has 0 aliphatic heterocycles. The summed E-state index contributed by atoms with van der Waals surface area (Å²) in [6.07, 6.45) is 6.07. The third-order valence-corrected chi connectivity index (χ3v) is 8.81. The van der Waals surface area contributed by atoms with Crippen LogP contribution in [0.1, 0.15) is 48.8 Å². The van der Waals surface area contributed by atoms with Crippen molar-refractivity contribution in [2.24, 2.45) is 0 Å². The van der Waals surface area contributed by atoms with Gasteiger partial charge in [-0.25, -0.2) is 8.42 Å². The minimum atomic E-state index is -4.03. The van der Waals surface area contributed by atoms with Gasteiger partial charge in [-0.15, -0.1) is 0 Å². The first-order valence-electron chi connectivity index (χ1n) is 14.4. The molecule has 0 aromatic heterocycles. The Morgan fingerprint density at radius 3 is 2.28 bits per heavy atom. The van der Waals surface area contributed by atoms with Crippen LogP contribution in [0.2, 0.25) is 0 Å². The minimum absolute atomic E-state index is 0.00725. The maximum absolute atomic E-state index is 14.2. The van der Waals surface area contributed by atoms with E-state index in [2.05, 4.69) is 5.32 Å². The highest BCUT2D eigenvalue weighted by Gasteiger charge is 2.34. The monoisotopic (exact) mass is 606 g/mol. The van der Waals surface area contributed by atoms with E-state index < -0.39 is 33.4 Å². The number of aryl methyl sites for hydroxylation is 1.